The van der Waals surface area contributed by atoms with Crippen LogP contribution in [0.5, 0.6) is 5.75 Å². The highest BCUT2D eigenvalue weighted by Gasteiger charge is 2.32. The monoisotopic (exact) mass is 481 g/mol. The van der Waals surface area contributed by atoms with E-state index in [1.807, 2.05) is 47.5 Å². The highest BCUT2D eigenvalue weighted by molar-refractivity contribution is 7.71. The van der Waals surface area contributed by atoms with Crippen molar-refractivity contribution in [2.24, 2.45) is 0 Å². The Kier molecular flexibility index (Phi) is 6.41. The second kappa shape index (κ2) is 9.61. The predicted molar refractivity (Wildman–Crippen MR) is 131 cm³/mol. The van der Waals surface area contributed by atoms with Crippen molar-refractivity contribution in [3.63, 3.8) is 0 Å². The summed E-state index contributed by atoms with van der Waals surface area (Å²) in [5, 5.41) is 10.5. The van der Waals surface area contributed by atoms with Crippen LogP contribution < -0.4 is 4.74 Å². The molecule has 1 aromatic carbocycles. The molecule has 0 atom stereocenters. The van der Waals surface area contributed by atoms with Crippen molar-refractivity contribution < 1.29 is 9.53 Å². The molecule has 2 aliphatic rings. The number of piperidine rings is 1. The van der Waals surface area contributed by atoms with Gasteiger partial charge in [0.05, 0.1) is 10.7 Å². The molecule has 1 saturated carbocycles. The highest BCUT2D eigenvalue weighted by Crippen LogP contribution is 2.39. The molecule has 7 nitrogen and oxygen atoms in total. The third kappa shape index (κ3) is 5.25. The van der Waals surface area contributed by atoms with E-state index in [9.17, 15) is 4.79 Å². The number of ether oxygens (including phenoxy) is 1. The highest BCUT2D eigenvalue weighted by atomic mass is 32.1. The second-order valence-corrected chi connectivity index (χ2v) is 10.1. The molecule has 0 spiro atoms. The molecule has 1 N–H and O–H groups in total. The summed E-state index contributed by atoms with van der Waals surface area (Å²) in [6.07, 6.45) is 7.69. The summed E-state index contributed by atoms with van der Waals surface area (Å²) in [6, 6.07) is 8.27. The molecule has 1 amide bonds. The quantitative estimate of drug-likeness (QED) is 0.378. The fourth-order valence-corrected chi connectivity index (χ4v) is 5.15. The fraction of sp³-hybridized carbons (Fsp3) is 0.417. The first kappa shape index (κ1) is 22.0. The summed E-state index contributed by atoms with van der Waals surface area (Å²) in [4.78, 5) is 19.1. The number of aromatic amines is 1. The van der Waals surface area contributed by atoms with Crippen LogP contribution in [0.15, 0.2) is 35.7 Å². The Balaban J connectivity index is 1.15. The summed E-state index contributed by atoms with van der Waals surface area (Å²) in [5.74, 6) is 2.22. The summed E-state index contributed by atoms with van der Waals surface area (Å²) in [7, 11) is 0. The lowest BCUT2D eigenvalue weighted by atomic mass is 9.95. The van der Waals surface area contributed by atoms with E-state index >= 15 is 0 Å². The van der Waals surface area contributed by atoms with Crippen LogP contribution >= 0.6 is 23.6 Å². The number of nitrogens with one attached hydrogen (secondary N) is 1. The van der Waals surface area contributed by atoms with Crippen molar-refractivity contribution in [1.82, 2.24) is 24.6 Å². The molecule has 0 radical (unpaired) electrons. The van der Waals surface area contributed by atoms with Crippen LogP contribution in [0.2, 0.25) is 0 Å². The summed E-state index contributed by atoms with van der Waals surface area (Å²) >= 11 is 7.03. The van der Waals surface area contributed by atoms with Gasteiger partial charge in [-0.15, -0.1) is 11.3 Å². The van der Waals surface area contributed by atoms with Gasteiger partial charge in [-0.05, 0) is 68.6 Å². The molecule has 3 heterocycles. The molecule has 1 aliphatic heterocycles. The molecular formula is C24H27N5O2S2. The van der Waals surface area contributed by atoms with Gasteiger partial charge in [-0.2, -0.15) is 5.10 Å². The average molecular weight is 482 g/mol. The molecule has 0 bridgehead atoms. The van der Waals surface area contributed by atoms with Gasteiger partial charge in [0.25, 0.3) is 0 Å². The standard InChI is InChI=1S/C24H27N5O2S2/c1-16-25-19(15-33-16)14-31-21-4-2-3-17(13-21)5-8-22(30)28-11-9-18(10-12-28)23-26-27-24(32)29(23)20-6-7-20/h2-5,8,13,15,18,20H,6-7,9-12,14H2,1H3,(H,27,32)/b8-5+. The Morgan fingerprint density at radius 1 is 1.30 bits per heavy atom. The Bertz CT molecular complexity index is 1220. The lowest BCUT2D eigenvalue weighted by molar-refractivity contribution is -0.127. The number of hydrogen-bond acceptors (Lipinski definition) is 6. The van der Waals surface area contributed by atoms with Crippen molar-refractivity contribution >= 4 is 35.5 Å². The lowest BCUT2D eigenvalue weighted by Gasteiger charge is -2.31. The van der Waals surface area contributed by atoms with E-state index in [2.05, 4.69) is 19.7 Å². The Morgan fingerprint density at radius 2 is 2.12 bits per heavy atom. The van der Waals surface area contributed by atoms with E-state index in [0.29, 0.717) is 18.6 Å². The number of aryl methyl sites for hydroxylation is 1. The van der Waals surface area contributed by atoms with Crippen LogP contribution in [-0.4, -0.2) is 43.6 Å². The predicted octanol–water partition coefficient (Wildman–Crippen LogP) is 5.04. The van der Waals surface area contributed by atoms with E-state index in [4.69, 9.17) is 17.0 Å². The third-order valence-electron chi connectivity index (χ3n) is 6.15. The van der Waals surface area contributed by atoms with Gasteiger partial charge >= 0.3 is 0 Å². The number of aromatic nitrogens is 4. The van der Waals surface area contributed by atoms with E-state index in [1.54, 1.807) is 17.4 Å². The molecule has 0 unspecified atom stereocenters. The van der Waals surface area contributed by atoms with Gasteiger partial charge in [0.2, 0.25) is 5.91 Å². The van der Waals surface area contributed by atoms with E-state index in [1.165, 1.54) is 12.8 Å². The van der Waals surface area contributed by atoms with Gasteiger partial charge in [-0.1, -0.05) is 12.1 Å². The zero-order valence-corrected chi connectivity index (χ0v) is 20.2. The second-order valence-electron chi connectivity index (χ2n) is 8.64. The first-order valence-corrected chi connectivity index (χ1v) is 12.6. The molecule has 1 aliphatic carbocycles. The molecule has 2 fully saturated rings. The molecule has 2 aromatic heterocycles. The topological polar surface area (TPSA) is 76.0 Å². The van der Waals surface area contributed by atoms with Crippen molar-refractivity contribution in [2.75, 3.05) is 13.1 Å². The Labute approximate surface area is 202 Å². The molecular weight excluding hydrogens is 454 g/mol. The van der Waals surface area contributed by atoms with Crippen LogP contribution in [0.25, 0.3) is 6.08 Å². The van der Waals surface area contributed by atoms with Crippen LogP contribution in [0.3, 0.4) is 0 Å². The summed E-state index contributed by atoms with van der Waals surface area (Å²) in [5.41, 5.74) is 1.86. The maximum atomic E-state index is 12.8. The maximum absolute atomic E-state index is 12.8. The molecule has 3 aromatic rings. The SMILES string of the molecule is Cc1nc(COc2cccc(/C=C/C(=O)N3CCC(c4n[nH]c(=S)n4C4CC4)CC3)c2)cs1. The van der Waals surface area contributed by atoms with Gasteiger partial charge in [0, 0.05) is 36.5 Å². The molecule has 5 rings (SSSR count). The summed E-state index contributed by atoms with van der Waals surface area (Å²) < 4.78 is 8.77. The zero-order valence-electron chi connectivity index (χ0n) is 18.6. The van der Waals surface area contributed by atoms with Gasteiger partial charge in [0.1, 0.15) is 18.2 Å². The van der Waals surface area contributed by atoms with Gasteiger partial charge in [-0.3, -0.25) is 9.89 Å². The number of carbonyl (C=O) groups is 1. The third-order valence-corrected chi connectivity index (χ3v) is 7.26. The number of amides is 1. The van der Waals surface area contributed by atoms with Crippen molar-refractivity contribution in [1.29, 1.82) is 0 Å². The normalized spacial score (nSPS) is 17.1. The van der Waals surface area contributed by atoms with E-state index < -0.39 is 0 Å². The maximum Gasteiger partial charge on any atom is 0.246 e. The number of benzene rings is 1. The van der Waals surface area contributed by atoms with Gasteiger partial charge in [-0.25, -0.2) is 4.98 Å². The van der Waals surface area contributed by atoms with Crippen LogP contribution in [0.1, 0.15) is 59.7 Å². The van der Waals surface area contributed by atoms with E-state index in [0.717, 1.165) is 58.5 Å². The molecule has 172 valence electrons. The fourth-order valence-electron chi connectivity index (χ4n) is 4.26. The van der Waals surface area contributed by atoms with Crippen molar-refractivity contribution in [2.45, 2.75) is 51.2 Å². The minimum atomic E-state index is 0.0405. The van der Waals surface area contributed by atoms with Crippen LogP contribution in [-0.2, 0) is 11.4 Å². The van der Waals surface area contributed by atoms with Crippen molar-refractivity contribution in [3.05, 3.63) is 62.6 Å². The van der Waals surface area contributed by atoms with E-state index in [-0.39, 0.29) is 5.91 Å². The van der Waals surface area contributed by atoms with Crippen LogP contribution in [0, 0.1) is 11.7 Å². The molecule has 33 heavy (non-hydrogen) atoms. The molecule has 9 heteroatoms. The number of rotatable bonds is 7. The van der Waals surface area contributed by atoms with Crippen molar-refractivity contribution in [3.8, 4) is 5.75 Å². The molecule has 1 saturated heterocycles. The van der Waals surface area contributed by atoms with Gasteiger partial charge < -0.3 is 14.2 Å². The lowest BCUT2D eigenvalue weighted by Crippen LogP contribution is -2.37. The Morgan fingerprint density at radius 3 is 2.85 bits per heavy atom. The number of thiazole rings is 1. The largest absolute Gasteiger partial charge is 0.487 e. The van der Waals surface area contributed by atoms with Gasteiger partial charge in [0.15, 0.2) is 4.77 Å². The number of carbonyl (C=O) groups excluding carboxylic acids is 1. The number of nitrogens with zero attached hydrogens (tertiary/aromatic N) is 4. The number of hydrogen-bond donors (Lipinski definition) is 1. The number of likely N-dealkylation sites (tertiary alicyclic amines) is 1. The Hall–Kier alpha value is -2.78. The smallest absolute Gasteiger partial charge is 0.246 e. The zero-order chi connectivity index (χ0) is 22.8. The minimum Gasteiger partial charge on any atom is -0.487 e. The first-order chi connectivity index (χ1) is 16.1. The first-order valence-electron chi connectivity index (χ1n) is 11.3. The average Bonchev–Trinajstić information content (AvgIpc) is 3.47. The minimum absolute atomic E-state index is 0.0405. The summed E-state index contributed by atoms with van der Waals surface area (Å²) in [6.45, 7) is 3.88. The van der Waals surface area contributed by atoms with Crippen LogP contribution in [0.4, 0.5) is 0 Å². The number of H-pyrrole nitrogens is 1.